The highest BCUT2D eigenvalue weighted by Crippen LogP contribution is 2.26. The van der Waals surface area contributed by atoms with Gasteiger partial charge in [0, 0.05) is 0 Å². The van der Waals surface area contributed by atoms with Gasteiger partial charge in [0.15, 0.2) is 0 Å². The van der Waals surface area contributed by atoms with Crippen LogP contribution < -0.4 is 0 Å². The third kappa shape index (κ3) is 2.47. The van der Waals surface area contributed by atoms with Gasteiger partial charge in [0.2, 0.25) is 0 Å². The molecule has 0 amide bonds. The summed E-state index contributed by atoms with van der Waals surface area (Å²) in [7, 11) is -2.32. The zero-order valence-electron chi connectivity index (χ0n) is 7.92. The minimum absolute atomic E-state index is 0.212. The van der Waals surface area contributed by atoms with E-state index < -0.39 is 15.5 Å². The smallest absolute Gasteiger partial charge is 0.145 e. The summed E-state index contributed by atoms with van der Waals surface area (Å²) in [6.45, 7) is 9.64. The van der Waals surface area contributed by atoms with Gasteiger partial charge in [-0.2, -0.15) is 0 Å². The van der Waals surface area contributed by atoms with Crippen LogP contribution in [0.15, 0.2) is 0 Å². The van der Waals surface area contributed by atoms with Crippen LogP contribution in [0.2, 0.25) is 0 Å². The quantitative estimate of drug-likeness (QED) is 0.667. The maximum absolute atomic E-state index is 10.8. The molecule has 0 aliphatic rings. The minimum atomic E-state index is -2.32. The van der Waals surface area contributed by atoms with Crippen molar-refractivity contribution in [1.29, 1.82) is 0 Å². The molecule has 0 aromatic heterocycles. The van der Waals surface area contributed by atoms with Gasteiger partial charge < -0.3 is 0 Å². The van der Waals surface area contributed by atoms with Crippen LogP contribution in [0.3, 0.4) is 0 Å². The maximum atomic E-state index is 10.8. The molecule has 0 fully saturated rings. The highest BCUT2D eigenvalue weighted by Gasteiger charge is 2.30. The maximum Gasteiger partial charge on any atom is 0.145 e. The van der Waals surface area contributed by atoms with Gasteiger partial charge in [-0.3, -0.25) is 0 Å². The third-order valence-corrected chi connectivity index (χ3v) is 3.93. The molecule has 0 bridgehead atoms. The summed E-state index contributed by atoms with van der Waals surface area (Å²) in [5.74, 6) is 0.626. The van der Waals surface area contributed by atoms with E-state index in [0.29, 0.717) is 5.92 Å². The molecule has 2 nitrogen and oxygen atoms in total. The van der Waals surface area contributed by atoms with Crippen LogP contribution in [-0.4, -0.2) is 13.2 Å². The first kappa shape index (κ1) is 11.0. The lowest BCUT2D eigenvalue weighted by molar-refractivity contribution is 0.335. The summed E-state index contributed by atoms with van der Waals surface area (Å²) in [4.78, 5) is 0. The van der Waals surface area contributed by atoms with Gasteiger partial charge in [-0.25, -0.2) is 8.42 Å². The largest absolute Gasteiger partial charge is 0.231 e. The Morgan fingerprint density at radius 2 is 1.45 bits per heavy atom. The molecular formula is C8H18O2S. The Labute approximate surface area is 71.0 Å². The van der Waals surface area contributed by atoms with E-state index in [1.54, 1.807) is 13.8 Å². The average Bonchev–Trinajstić information content (AvgIpc) is 1.85. The molecule has 0 spiro atoms. The third-order valence-electron chi connectivity index (χ3n) is 2.58. The first-order valence-corrected chi connectivity index (χ1v) is 5.12. The van der Waals surface area contributed by atoms with Gasteiger partial charge in [-0.15, -0.1) is 0 Å². The van der Waals surface area contributed by atoms with E-state index in [1.807, 2.05) is 20.8 Å². The normalized spacial score (nSPS) is 15.9. The van der Waals surface area contributed by atoms with Crippen LogP contribution in [0.4, 0.5) is 0 Å². The van der Waals surface area contributed by atoms with Gasteiger partial charge in [0.25, 0.3) is 0 Å². The number of hydrogen-bond donors (Lipinski definition) is 1. The summed E-state index contributed by atoms with van der Waals surface area (Å²) in [5, 5.41) is 0. The van der Waals surface area contributed by atoms with Crippen molar-refractivity contribution in [2.24, 2.45) is 11.8 Å². The van der Waals surface area contributed by atoms with E-state index in [0.717, 1.165) is 0 Å². The summed E-state index contributed by atoms with van der Waals surface area (Å²) < 4.78 is 21.0. The molecule has 0 N–H and O–H groups in total. The van der Waals surface area contributed by atoms with E-state index in [4.69, 9.17) is 0 Å². The second-order valence-corrected chi connectivity index (χ2v) is 5.61. The molecule has 11 heavy (non-hydrogen) atoms. The Kier molecular flexibility index (Phi) is 3.55. The molecule has 0 rings (SSSR count). The molecule has 0 aliphatic carbocycles. The number of rotatable bonds is 3. The summed E-state index contributed by atoms with van der Waals surface area (Å²) >= 11 is 0. The van der Waals surface area contributed by atoms with Crippen molar-refractivity contribution in [3.8, 4) is 0 Å². The predicted octanol–water partition coefficient (Wildman–Crippen LogP) is 1.67. The fourth-order valence-corrected chi connectivity index (χ4v) is 1.61. The molecule has 1 atom stereocenters. The van der Waals surface area contributed by atoms with Crippen molar-refractivity contribution in [3.05, 3.63) is 0 Å². The predicted molar refractivity (Wildman–Crippen MR) is 48.4 cm³/mol. The minimum Gasteiger partial charge on any atom is -0.231 e. The van der Waals surface area contributed by atoms with Gasteiger partial charge in [-0.05, 0) is 25.7 Å². The van der Waals surface area contributed by atoms with Crippen molar-refractivity contribution in [1.82, 2.24) is 0 Å². The van der Waals surface area contributed by atoms with Crippen molar-refractivity contribution in [2.45, 2.75) is 39.4 Å². The highest BCUT2D eigenvalue weighted by molar-refractivity contribution is 7.74. The summed E-state index contributed by atoms with van der Waals surface area (Å²) in [6, 6.07) is 0. The van der Waals surface area contributed by atoms with Gasteiger partial charge in [0.05, 0.1) is 4.75 Å². The first-order valence-electron chi connectivity index (χ1n) is 3.94. The molecule has 0 heterocycles. The Hall–Kier alpha value is -0.0500. The van der Waals surface area contributed by atoms with E-state index in [9.17, 15) is 8.42 Å². The average molecular weight is 178 g/mol. The zero-order valence-corrected chi connectivity index (χ0v) is 8.81. The summed E-state index contributed by atoms with van der Waals surface area (Å²) in [6.07, 6.45) is 0. The van der Waals surface area contributed by atoms with E-state index in [-0.39, 0.29) is 5.92 Å². The molecule has 0 saturated heterocycles. The van der Waals surface area contributed by atoms with Crippen molar-refractivity contribution < 1.29 is 8.42 Å². The van der Waals surface area contributed by atoms with Crippen molar-refractivity contribution >= 4 is 10.7 Å². The fraction of sp³-hybridized carbons (Fsp3) is 1.00. The molecule has 1 unspecified atom stereocenters. The molecule has 0 aromatic rings. The number of hydrogen-bond acceptors (Lipinski definition) is 2. The SMILES string of the molecule is CC(C)C(C)C(C)(C)[SH](=O)=O. The lowest BCUT2D eigenvalue weighted by Gasteiger charge is -2.28. The highest BCUT2D eigenvalue weighted by atomic mass is 32.2. The Bertz CT molecular complexity index is 184. The van der Waals surface area contributed by atoms with Crippen LogP contribution in [0.25, 0.3) is 0 Å². The van der Waals surface area contributed by atoms with E-state index in [2.05, 4.69) is 0 Å². The number of thiol groups is 1. The van der Waals surface area contributed by atoms with Crippen LogP contribution in [0, 0.1) is 11.8 Å². The lowest BCUT2D eigenvalue weighted by Crippen LogP contribution is -2.34. The molecule has 0 radical (unpaired) electrons. The zero-order chi connectivity index (χ0) is 9.23. The fourth-order valence-electron chi connectivity index (χ4n) is 0.982. The monoisotopic (exact) mass is 178 g/mol. The molecule has 0 aromatic carbocycles. The molecule has 0 saturated carbocycles. The second kappa shape index (κ2) is 3.57. The van der Waals surface area contributed by atoms with Crippen LogP contribution in [-0.2, 0) is 10.7 Å². The van der Waals surface area contributed by atoms with Crippen LogP contribution in [0.1, 0.15) is 34.6 Å². The Morgan fingerprint density at radius 3 is 1.55 bits per heavy atom. The van der Waals surface area contributed by atoms with Gasteiger partial charge in [0.1, 0.15) is 10.7 Å². The molecular weight excluding hydrogens is 160 g/mol. The van der Waals surface area contributed by atoms with E-state index in [1.165, 1.54) is 0 Å². The topological polar surface area (TPSA) is 34.1 Å². The molecule has 3 heteroatoms. The van der Waals surface area contributed by atoms with Gasteiger partial charge >= 0.3 is 0 Å². The van der Waals surface area contributed by atoms with Crippen molar-refractivity contribution in [2.75, 3.05) is 0 Å². The van der Waals surface area contributed by atoms with Crippen LogP contribution in [0.5, 0.6) is 0 Å². The van der Waals surface area contributed by atoms with Crippen LogP contribution >= 0.6 is 0 Å². The Morgan fingerprint density at radius 1 is 1.09 bits per heavy atom. The molecule has 0 aliphatic heterocycles. The van der Waals surface area contributed by atoms with Gasteiger partial charge in [-0.1, -0.05) is 20.8 Å². The summed E-state index contributed by atoms with van der Waals surface area (Å²) in [5.41, 5.74) is 0. The lowest BCUT2D eigenvalue weighted by atomic mass is 9.87. The standard InChI is InChI=1S/C8H18O2S/c1-6(2)7(3)8(4,5)11(9)10/h6-7,11H,1-5H3. The Balaban J connectivity index is 4.55. The first-order chi connectivity index (χ1) is 4.80. The second-order valence-electron chi connectivity index (χ2n) is 3.94. The molecule has 68 valence electrons. The van der Waals surface area contributed by atoms with Crippen molar-refractivity contribution in [3.63, 3.8) is 0 Å². The van der Waals surface area contributed by atoms with E-state index >= 15 is 0 Å².